The number of aryl methyl sites for hydroxylation is 1. The zero-order chi connectivity index (χ0) is 24.8. The lowest BCUT2D eigenvalue weighted by Gasteiger charge is -2.30. The molecule has 0 bridgehead atoms. The highest BCUT2D eigenvalue weighted by atomic mass is 32.2. The Hall–Kier alpha value is -3.56. The largest absolute Gasteiger partial charge is 0.423 e. The summed E-state index contributed by atoms with van der Waals surface area (Å²) >= 11 is 0.830. The van der Waals surface area contributed by atoms with Gasteiger partial charge in [0.2, 0.25) is 0 Å². The highest BCUT2D eigenvalue weighted by Crippen LogP contribution is 2.43. The zero-order valence-electron chi connectivity index (χ0n) is 18.4. The predicted octanol–water partition coefficient (Wildman–Crippen LogP) is 5.98. The maximum Gasteiger partial charge on any atom is 0.422 e. The quantitative estimate of drug-likeness (QED) is 0.239. The molecule has 0 fully saturated rings. The van der Waals surface area contributed by atoms with Crippen LogP contribution in [0, 0.1) is 6.92 Å². The van der Waals surface area contributed by atoms with Crippen LogP contribution in [0.3, 0.4) is 0 Å². The van der Waals surface area contributed by atoms with E-state index in [0.717, 1.165) is 17.4 Å². The lowest BCUT2D eigenvalue weighted by atomic mass is 9.94. The van der Waals surface area contributed by atoms with Crippen LogP contribution in [-0.2, 0) is 5.60 Å². The minimum atomic E-state index is -4.93. The number of hydrogen-bond donors (Lipinski definition) is 1. The summed E-state index contributed by atoms with van der Waals surface area (Å²) in [6, 6.07) is 19.6. The first-order chi connectivity index (χ1) is 16.7. The van der Waals surface area contributed by atoms with Crippen LogP contribution in [0.25, 0.3) is 27.6 Å². The number of rotatable bonds is 5. The number of aromatic nitrogens is 2. The van der Waals surface area contributed by atoms with Crippen molar-refractivity contribution in [3.05, 3.63) is 101 Å². The molecule has 5 rings (SSSR count). The molecule has 5 nitrogen and oxygen atoms in total. The molecule has 5 aromatic rings. The van der Waals surface area contributed by atoms with Crippen LogP contribution < -0.4 is 5.63 Å². The SMILES string of the molecule is Cc1cc(=O)oc2cc(SCC(O)(c3ccc4c(cnn4-c4ccccc4)c3)C(F)(F)F)ccc12. The second kappa shape index (κ2) is 8.58. The van der Waals surface area contributed by atoms with Gasteiger partial charge in [0, 0.05) is 27.5 Å². The summed E-state index contributed by atoms with van der Waals surface area (Å²) < 4.78 is 49.4. The van der Waals surface area contributed by atoms with Crippen molar-refractivity contribution in [2.45, 2.75) is 23.6 Å². The summed E-state index contributed by atoms with van der Waals surface area (Å²) in [5, 5.41) is 16.4. The number of hydrogen-bond acceptors (Lipinski definition) is 5. The predicted molar refractivity (Wildman–Crippen MR) is 129 cm³/mol. The fourth-order valence-electron chi connectivity index (χ4n) is 3.98. The third kappa shape index (κ3) is 4.21. The standard InChI is InChI=1S/C26H19F3N2O3S/c1-16-11-24(32)34-23-13-20(8-9-21(16)23)35-15-25(33,26(27,28)29)18-7-10-22-17(12-18)14-30-31(22)19-5-3-2-4-6-19/h2-14,33H,15H2,1H3. The van der Waals surface area contributed by atoms with E-state index in [4.69, 9.17) is 4.42 Å². The number of thioether (sulfide) groups is 1. The van der Waals surface area contributed by atoms with Crippen molar-refractivity contribution in [1.82, 2.24) is 9.78 Å². The number of nitrogens with zero attached hydrogens (tertiary/aromatic N) is 2. The number of alkyl halides is 3. The molecule has 0 spiro atoms. The maximum absolute atomic E-state index is 14.2. The van der Waals surface area contributed by atoms with Crippen LogP contribution in [0.4, 0.5) is 13.2 Å². The number of benzene rings is 3. The molecule has 0 amide bonds. The number of para-hydroxylation sites is 1. The van der Waals surface area contributed by atoms with Gasteiger partial charge in [-0.05, 0) is 60.5 Å². The van der Waals surface area contributed by atoms with Crippen molar-refractivity contribution in [2.75, 3.05) is 5.75 Å². The first-order valence-electron chi connectivity index (χ1n) is 10.7. The number of fused-ring (bicyclic) bond motifs is 2. The van der Waals surface area contributed by atoms with Gasteiger partial charge in [0.25, 0.3) is 0 Å². The zero-order valence-corrected chi connectivity index (χ0v) is 19.2. The van der Waals surface area contributed by atoms with Crippen LogP contribution in [0.5, 0.6) is 0 Å². The van der Waals surface area contributed by atoms with E-state index in [-0.39, 0.29) is 11.1 Å². The number of halogens is 3. The third-order valence-electron chi connectivity index (χ3n) is 5.89. The summed E-state index contributed by atoms with van der Waals surface area (Å²) in [6.07, 6.45) is -3.45. The molecule has 3 aromatic carbocycles. The van der Waals surface area contributed by atoms with Gasteiger partial charge < -0.3 is 9.52 Å². The van der Waals surface area contributed by atoms with Gasteiger partial charge in [0.15, 0.2) is 5.60 Å². The van der Waals surface area contributed by atoms with Gasteiger partial charge in [0.1, 0.15) is 5.58 Å². The molecule has 9 heteroatoms. The van der Waals surface area contributed by atoms with Crippen LogP contribution >= 0.6 is 11.8 Å². The van der Waals surface area contributed by atoms with E-state index < -0.39 is 23.2 Å². The molecular weight excluding hydrogens is 477 g/mol. The monoisotopic (exact) mass is 496 g/mol. The molecule has 35 heavy (non-hydrogen) atoms. The van der Waals surface area contributed by atoms with Crippen molar-refractivity contribution in [3.8, 4) is 5.69 Å². The molecule has 178 valence electrons. The molecule has 2 aromatic heterocycles. The first-order valence-corrected chi connectivity index (χ1v) is 11.6. The third-order valence-corrected chi connectivity index (χ3v) is 7.04. The lowest BCUT2D eigenvalue weighted by molar-refractivity contribution is -0.256. The van der Waals surface area contributed by atoms with E-state index in [1.807, 2.05) is 30.3 Å². The van der Waals surface area contributed by atoms with E-state index >= 15 is 0 Å². The Kier molecular flexibility index (Phi) is 5.69. The Morgan fingerprint density at radius 2 is 1.80 bits per heavy atom. The molecule has 0 aliphatic heterocycles. The summed E-state index contributed by atoms with van der Waals surface area (Å²) in [7, 11) is 0. The van der Waals surface area contributed by atoms with Crippen molar-refractivity contribution in [3.63, 3.8) is 0 Å². The van der Waals surface area contributed by atoms with Crippen molar-refractivity contribution < 1.29 is 22.7 Å². The molecular formula is C26H19F3N2O3S. The van der Waals surface area contributed by atoms with Gasteiger partial charge >= 0.3 is 11.8 Å². The highest BCUT2D eigenvalue weighted by Gasteiger charge is 2.55. The molecule has 1 unspecified atom stereocenters. The maximum atomic E-state index is 14.2. The van der Waals surface area contributed by atoms with Gasteiger partial charge in [-0.25, -0.2) is 9.48 Å². The summed E-state index contributed by atoms with van der Waals surface area (Å²) in [5.74, 6) is -0.684. The lowest BCUT2D eigenvalue weighted by Crippen LogP contribution is -2.44. The van der Waals surface area contributed by atoms with E-state index in [1.165, 1.54) is 36.5 Å². The average molecular weight is 497 g/mol. The van der Waals surface area contributed by atoms with Crippen molar-refractivity contribution >= 4 is 33.6 Å². The van der Waals surface area contributed by atoms with E-state index in [9.17, 15) is 23.1 Å². The average Bonchev–Trinajstić information content (AvgIpc) is 3.25. The molecule has 0 aliphatic carbocycles. The Morgan fingerprint density at radius 3 is 2.54 bits per heavy atom. The number of aliphatic hydroxyl groups is 1. The molecule has 0 saturated heterocycles. The molecule has 0 aliphatic rings. The van der Waals surface area contributed by atoms with Crippen LogP contribution in [0.1, 0.15) is 11.1 Å². The van der Waals surface area contributed by atoms with E-state index in [2.05, 4.69) is 5.10 Å². The van der Waals surface area contributed by atoms with Crippen molar-refractivity contribution in [2.24, 2.45) is 0 Å². The second-order valence-electron chi connectivity index (χ2n) is 8.22. The topological polar surface area (TPSA) is 68.3 Å². The first kappa shape index (κ1) is 23.2. The Morgan fingerprint density at radius 1 is 1.03 bits per heavy atom. The van der Waals surface area contributed by atoms with Crippen LogP contribution in [-0.4, -0.2) is 26.8 Å². The Balaban J connectivity index is 1.49. The Bertz CT molecular complexity index is 1600. The highest BCUT2D eigenvalue weighted by molar-refractivity contribution is 7.99. The Labute approximate surface area is 201 Å². The summed E-state index contributed by atoms with van der Waals surface area (Å²) in [4.78, 5) is 12.1. The van der Waals surface area contributed by atoms with Crippen molar-refractivity contribution in [1.29, 1.82) is 0 Å². The smallest absolute Gasteiger partial charge is 0.422 e. The molecule has 1 N–H and O–H groups in total. The minimum Gasteiger partial charge on any atom is -0.423 e. The molecule has 0 saturated carbocycles. The van der Waals surface area contributed by atoms with Gasteiger partial charge in [-0.3, -0.25) is 0 Å². The van der Waals surface area contributed by atoms with Crippen LogP contribution in [0.2, 0.25) is 0 Å². The minimum absolute atomic E-state index is 0.277. The molecule has 1 atom stereocenters. The van der Waals surface area contributed by atoms with E-state index in [0.29, 0.717) is 26.7 Å². The second-order valence-corrected chi connectivity index (χ2v) is 9.27. The van der Waals surface area contributed by atoms with Gasteiger partial charge in [-0.1, -0.05) is 24.3 Å². The van der Waals surface area contributed by atoms with Gasteiger partial charge in [-0.15, -0.1) is 11.8 Å². The van der Waals surface area contributed by atoms with Gasteiger partial charge in [0.05, 0.1) is 17.4 Å². The summed E-state index contributed by atoms with van der Waals surface area (Å²) in [5.41, 5.74) is -1.53. The fraction of sp³-hybridized carbons (Fsp3) is 0.154. The summed E-state index contributed by atoms with van der Waals surface area (Å²) in [6.45, 7) is 1.75. The van der Waals surface area contributed by atoms with E-state index in [1.54, 1.807) is 23.7 Å². The van der Waals surface area contributed by atoms with Gasteiger partial charge in [-0.2, -0.15) is 18.3 Å². The molecule has 0 radical (unpaired) electrons. The normalized spacial score (nSPS) is 13.9. The van der Waals surface area contributed by atoms with Crippen LogP contribution in [0.15, 0.2) is 93.1 Å². The molecule has 2 heterocycles. The fourth-order valence-corrected chi connectivity index (χ4v) is 5.04.